The maximum absolute atomic E-state index is 11.5. The summed E-state index contributed by atoms with van der Waals surface area (Å²) in [4.78, 5) is 28.3. The average molecular weight is 190 g/mol. The number of pyridine rings is 1. The molecule has 2 rings (SSSR count). The Balaban J connectivity index is 2.52. The van der Waals surface area contributed by atoms with Gasteiger partial charge in [-0.25, -0.2) is 0 Å². The minimum absolute atomic E-state index is 0.0121. The maximum Gasteiger partial charge on any atom is 0.223 e. The van der Waals surface area contributed by atoms with Gasteiger partial charge in [-0.3, -0.25) is 14.6 Å². The number of fused-ring (bicyclic) bond motifs is 1. The van der Waals surface area contributed by atoms with Crippen molar-refractivity contribution in [3.63, 3.8) is 0 Å². The first-order valence-corrected chi connectivity index (χ1v) is 4.46. The highest BCUT2D eigenvalue weighted by molar-refractivity contribution is 6.06. The fraction of sp³-hybridized carbons (Fsp3) is 0.300. The van der Waals surface area contributed by atoms with Crippen LogP contribution in [0.3, 0.4) is 0 Å². The lowest BCUT2D eigenvalue weighted by Crippen LogP contribution is -2.36. The molecule has 1 amide bonds. The summed E-state index contributed by atoms with van der Waals surface area (Å²) >= 11 is 0. The van der Waals surface area contributed by atoms with Crippen LogP contribution in [0.1, 0.15) is 23.8 Å². The Labute approximate surface area is 81.6 Å². The number of aromatic nitrogens is 1. The minimum atomic E-state index is -0.0493. The van der Waals surface area contributed by atoms with E-state index in [4.69, 9.17) is 0 Å². The molecule has 4 heteroatoms. The van der Waals surface area contributed by atoms with E-state index in [1.165, 1.54) is 6.92 Å². The fourth-order valence-corrected chi connectivity index (χ4v) is 1.61. The van der Waals surface area contributed by atoms with E-state index < -0.39 is 0 Å². The molecule has 0 aromatic carbocycles. The Bertz CT molecular complexity index is 401. The first-order chi connectivity index (χ1) is 6.70. The smallest absolute Gasteiger partial charge is 0.223 e. The topological polar surface area (TPSA) is 50.3 Å². The number of ketones is 1. The molecule has 0 N–H and O–H groups in total. The number of anilines is 1. The highest BCUT2D eigenvalue weighted by atomic mass is 16.2. The third-order valence-corrected chi connectivity index (χ3v) is 2.28. The molecule has 0 bridgehead atoms. The second-order valence-corrected chi connectivity index (χ2v) is 3.21. The van der Waals surface area contributed by atoms with Crippen molar-refractivity contribution in [2.75, 3.05) is 11.4 Å². The Morgan fingerprint density at radius 1 is 1.57 bits per heavy atom. The predicted octanol–water partition coefficient (Wildman–Crippen LogP) is 1.02. The first-order valence-electron chi connectivity index (χ1n) is 4.46. The normalized spacial score (nSPS) is 15.2. The number of hydrogen-bond donors (Lipinski definition) is 0. The van der Waals surface area contributed by atoms with Crippen molar-refractivity contribution in [2.24, 2.45) is 0 Å². The van der Waals surface area contributed by atoms with Crippen molar-refractivity contribution in [1.29, 1.82) is 0 Å². The summed E-state index contributed by atoms with van der Waals surface area (Å²) in [5.74, 6) is -0.0372. The summed E-state index contributed by atoms with van der Waals surface area (Å²) < 4.78 is 0. The molecule has 0 atom stereocenters. The Morgan fingerprint density at radius 2 is 2.36 bits per heavy atom. The molecule has 0 fully saturated rings. The van der Waals surface area contributed by atoms with Gasteiger partial charge in [0.15, 0.2) is 5.78 Å². The van der Waals surface area contributed by atoms with E-state index in [1.807, 2.05) is 0 Å². The van der Waals surface area contributed by atoms with Gasteiger partial charge in [0, 0.05) is 26.1 Å². The lowest BCUT2D eigenvalue weighted by atomic mass is 10.1. The molecule has 0 spiro atoms. The van der Waals surface area contributed by atoms with Crippen molar-refractivity contribution < 1.29 is 9.59 Å². The fourth-order valence-electron chi connectivity index (χ4n) is 1.61. The van der Waals surface area contributed by atoms with Crippen LogP contribution in [0, 0.1) is 0 Å². The number of Topliss-reactive ketones (excluding diaryl/α,β-unsaturated/α-hetero) is 1. The molecule has 14 heavy (non-hydrogen) atoms. The molecule has 4 nitrogen and oxygen atoms in total. The molecule has 72 valence electrons. The third kappa shape index (κ3) is 1.28. The zero-order valence-corrected chi connectivity index (χ0v) is 7.86. The molecule has 1 aromatic rings. The van der Waals surface area contributed by atoms with Crippen LogP contribution in [0.4, 0.5) is 5.69 Å². The van der Waals surface area contributed by atoms with Crippen LogP contribution in [0.15, 0.2) is 18.3 Å². The summed E-state index contributed by atoms with van der Waals surface area (Å²) in [7, 11) is 0. The second-order valence-electron chi connectivity index (χ2n) is 3.21. The van der Waals surface area contributed by atoms with Gasteiger partial charge in [0.05, 0.1) is 5.69 Å². The zero-order valence-electron chi connectivity index (χ0n) is 7.86. The van der Waals surface area contributed by atoms with Crippen LogP contribution in [0.25, 0.3) is 0 Å². The van der Waals surface area contributed by atoms with Crippen LogP contribution in [-0.2, 0) is 4.79 Å². The number of nitrogens with zero attached hydrogens (tertiary/aromatic N) is 2. The standard InChI is InChI=1S/C10H10N2O2/c1-7(13)12-6-4-9(14)10-8(12)3-2-5-11-10/h2-3,5H,4,6H2,1H3. The number of carbonyl (C=O) groups is 2. The maximum atomic E-state index is 11.5. The monoisotopic (exact) mass is 190 g/mol. The number of hydrogen-bond acceptors (Lipinski definition) is 3. The average Bonchev–Trinajstić information content (AvgIpc) is 2.18. The molecule has 0 unspecified atom stereocenters. The van der Waals surface area contributed by atoms with E-state index in [0.717, 1.165) is 0 Å². The predicted molar refractivity (Wildman–Crippen MR) is 51.2 cm³/mol. The number of rotatable bonds is 0. The quantitative estimate of drug-likeness (QED) is 0.613. The molecule has 1 aliphatic heterocycles. The summed E-state index contributed by atoms with van der Waals surface area (Å²) in [6.07, 6.45) is 1.93. The highest BCUT2D eigenvalue weighted by Crippen LogP contribution is 2.24. The molecule has 1 aliphatic rings. The second kappa shape index (κ2) is 3.21. The van der Waals surface area contributed by atoms with Crippen molar-refractivity contribution in [3.8, 4) is 0 Å². The van der Waals surface area contributed by atoms with Gasteiger partial charge in [0.1, 0.15) is 5.69 Å². The van der Waals surface area contributed by atoms with Gasteiger partial charge < -0.3 is 4.90 Å². The van der Waals surface area contributed by atoms with Crippen LogP contribution < -0.4 is 4.90 Å². The van der Waals surface area contributed by atoms with Crippen molar-refractivity contribution >= 4 is 17.4 Å². The minimum Gasteiger partial charge on any atom is -0.310 e. The van der Waals surface area contributed by atoms with E-state index in [2.05, 4.69) is 4.98 Å². The molecular weight excluding hydrogens is 180 g/mol. The highest BCUT2D eigenvalue weighted by Gasteiger charge is 2.25. The Kier molecular flexibility index (Phi) is 2.04. The van der Waals surface area contributed by atoms with Gasteiger partial charge in [-0.2, -0.15) is 0 Å². The molecule has 0 radical (unpaired) electrons. The number of carbonyl (C=O) groups excluding carboxylic acids is 2. The first kappa shape index (κ1) is 8.87. The van der Waals surface area contributed by atoms with E-state index >= 15 is 0 Å². The Morgan fingerprint density at radius 3 is 3.07 bits per heavy atom. The van der Waals surface area contributed by atoms with Crippen LogP contribution in [0.2, 0.25) is 0 Å². The van der Waals surface area contributed by atoms with Crippen LogP contribution in [-0.4, -0.2) is 23.2 Å². The van der Waals surface area contributed by atoms with Crippen molar-refractivity contribution in [3.05, 3.63) is 24.0 Å². The van der Waals surface area contributed by atoms with Crippen molar-refractivity contribution in [1.82, 2.24) is 4.98 Å². The van der Waals surface area contributed by atoms with Gasteiger partial charge in [-0.1, -0.05) is 0 Å². The van der Waals surface area contributed by atoms with Gasteiger partial charge in [0.2, 0.25) is 5.91 Å². The molecule has 0 aliphatic carbocycles. The summed E-state index contributed by atoms with van der Waals surface area (Å²) in [5.41, 5.74) is 1.05. The van der Waals surface area contributed by atoms with E-state index in [-0.39, 0.29) is 11.7 Å². The SMILES string of the molecule is CC(=O)N1CCC(=O)c2ncccc21. The van der Waals surface area contributed by atoms with Gasteiger partial charge in [0.25, 0.3) is 0 Å². The lowest BCUT2D eigenvalue weighted by Gasteiger charge is -2.26. The summed E-state index contributed by atoms with van der Waals surface area (Å²) in [5, 5.41) is 0. The summed E-state index contributed by atoms with van der Waals surface area (Å²) in [6.45, 7) is 1.96. The van der Waals surface area contributed by atoms with Gasteiger partial charge >= 0.3 is 0 Å². The Hall–Kier alpha value is -1.71. The van der Waals surface area contributed by atoms with E-state index in [9.17, 15) is 9.59 Å². The molecule has 2 heterocycles. The number of amides is 1. The van der Waals surface area contributed by atoms with Crippen molar-refractivity contribution in [2.45, 2.75) is 13.3 Å². The van der Waals surface area contributed by atoms with Gasteiger partial charge in [-0.15, -0.1) is 0 Å². The largest absolute Gasteiger partial charge is 0.310 e. The molecular formula is C10H10N2O2. The molecule has 0 saturated carbocycles. The van der Waals surface area contributed by atoms with Crippen LogP contribution in [0.5, 0.6) is 0 Å². The lowest BCUT2D eigenvalue weighted by molar-refractivity contribution is -0.116. The van der Waals surface area contributed by atoms with E-state index in [1.54, 1.807) is 23.2 Å². The molecule has 0 saturated heterocycles. The zero-order chi connectivity index (χ0) is 10.1. The van der Waals surface area contributed by atoms with E-state index in [0.29, 0.717) is 24.3 Å². The molecule has 1 aromatic heterocycles. The van der Waals surface area contributed by atoms with Gasteiger partial charge in [-0.05, 0) is 12.1 Å². The summed E-state index contributed by atoms with van der Waals surface area (Å²) in [6, 6.07) is 3.48. The third-order valence-electron chi connectivity index (χ3n) is 2.28. The van der Waals surface area contributed by atoms with Crippen LogP contribution >= 0.6 is 0 Å².